The Balaban J connectivity index is 2.95. The molecule has 1 unspecified atom stereocenters. The Kier molecular flexibility index (Phi) is 5.98. The molecule has 0 fully saturated rings. The molecule has 4 N–H and O–H groups in total. The third kappa shape index (κ3) is 4.65. The zero-order valence-electron chi connectivity index (χ0n) is 12.4. The molecule has 0 saturated heterocycles. The Hall–Kier alpha value is -1.40. The van der Waals surface area contributed by atoms with Crippen LogP contribution in [0.25, 0.3) is 0 Å². The number of nitrogens with zero attached hydrogens (tertiary/aromatic N) is 2. The molecule has 0 aliphatic carbocycles. The molecule has 108 valence electrons. The summed E-state index contributed by atoms with van der Waals surface area (Å²) in [6.45, 7) is 9.01. The summed E-state index contributed by atoms with van der Waals surface area (Å²) in [5, 5.41) is 3.38. The average molecular weight is 267 g/mol. The Labute approximate surface area is 115 Å². The van der Waals surface area contributed by atoms with E-state index >= 15 is 0 Å². The molecular weight excluding hydrogens is 242 g/mol. The highest BCUT2D eigenvalue weighted by molar-refractivity contribution is 5.47. The molecule has 1 atom stereocenters. The summed E-state index contributed by atoms with van der Waals surface area (Å²) in [7, 11) is 1.70. The molecule has 0 spiro atoms. The van der Waals surface area contributed by atoms with Crippen molar-refractivity contribution < 1.29 is 4.74 Å². The monoisotopic (exact) mass is 267 g/mol. The number of rotatable bonds is 7. The van der Waals surface area contributed by atoms with E-state index in [0.29, 0.717) is 18.3 Å². The van der Waals surface area contributed by atoms with Crippen molar-refractivity contribution >= 4 is 11.6 Å². The summed E-state index contributed by atoms with van der Waals surface area (Å²) in [5.74, 6) is 8.27. The third-order valence-electron chi connectivity index (χ3n) is 2.89. The first-order valence-electron chi connectivity index (χ1n) is 6.59. The SMILES string of the molecule is COCC(Nc1cc(NN)nc(C(C)C)n1)C(C)C. The van der Waals surface area contributed by atoms with E-state index in [-0.39, 0.29) is 12.0 Å². The second-order valence-electron chi connectivity index (χ2n) is 5.25. The largest absolute Gasteiger partial charge is 0.383 e. The van der Waals surface area contributed by atoms with Gasteiger partial charge in [0.15, 0.2) is 0 Å². The zero-order chi connectivity index (χ0) is 14.4. The molecule has 0 aliphatic heterocycles. The molecule has 0 aromatic carbocycles. The van der Waals surface area contributed by atoms with Crippen molar-refractivity contribution in [2.24, 2.45) is 11.8 Å². The van der Waals surface area contributed by atoms with Crippen LogP contribution in [0.2, 0.25) is 0 Å². The van der Waals surface area contributed by atoms with E-state index in [9.17, 15) is 0 Å². The number of aromatic nitrogens is 2. The van der Waals surface area contributed by atoms with Gasteiger partial charge in [0.2, 0.25) is 0 Å². The highest BCUT2D eigenvalue weighted by Crippen LogP contribution is 2.18. The summed E-state index contributed by atoms with van der Waals surface area (Å²) < 4.78 is 5.23. The molecule has 6 heteroatoms. The summed E-state index contributed by atoms with van der Waals surface area (Å²) in [6, 6.07) is 2.00. The van der Waals surface area contributed by atoms with Gasteiger partial charge in [-0.15, -0.1) is 0 Å². The van der Waals surface area contributed by atoms with E-state index in [4.69, 9.17) is 10.6 Å². The van der Waals surface area contributed by atoms with Crippen molar-refractivity contribution in [2.45, 2.75) is 39.7 Å². The minimum atomic E-state index is 0.200. The van der Waals surface area contributed by atoms with Crippen LogP contribution in [-0.2, 0) is 4.74 Å². The second-order valence-corrected chi connectivity index (χ2v) is 5.25. The highest BCUT2D eigenvalue weighted by atomic mass is 16.5. The van der Waals surface area contributed by atoms with Crippen molar-refractivity contribution in [3.8, 4) is 0 Å². The van der Waals surface area contributed by atoms with Crippen molar-refractivity contribution in [1.82, 2.24) is 9.97 Å². The van der Waals surface area contributed by atoms with Gasteiger partial charge in [0.25, 0.3) is 0 Å². The fourth-order valence-electron chi connectivity index (χ4n) is 1.64. The van der Waals surface area contributed by atoms with Crippen molar-refractivity contribution in [1.29, 1.82) is 0 Å². The molecule has 1 aromatic heterocycles. The van der Waals surface area contributed by atoms with Gasteiger partial charge >= 0.3 is 0 Å². The highest BCUT2D eigenvalue weighted by Gasteiger charge is 2.15. The number of anilines is 2. The van der Waals surface area contributed by atoms with Crippen molar-refractivity contribution in [2.75, 3.05) is 24.5 Å². The number of hydrogen-bond acceptors (Lipinski definition) is 6. The quantitative estimate of drug-likeness (QED) is 0.517. The lowest BCUT2D eigenvalue weighted by atomic mass is 10.1. The molecule has 0 aliphatic rings. The number of hydrogen-bond donors (Lipinski definition) is 3. The van der Waals surface area contributed by atoms with Gasteiger partial charge in [-0.05, 0) is 5.92 Å². The van der Waals surface area contributed by atoms with Crippen LogP contribution in [0.15, 0.2) is 6.07 Å². The molecule has 0 amide bonds. The topological polar surface area (TPSA) is 85.1 Å². The number of hydrazine groups is 1. The minimum Gasteiger partial charge on any atom is -0.383 e. The van der Waals surface area contributed by atoms with Gasteiger partial charge in [-0.2, -0.15) is 0 Å². The number of methoxy groups -OCH3 is 1. The van der Waals surface area contributed by atoms with Crippen LogP contribution in [0.1, 0.15) is 39.4 Å². The maximum absolute atomic E-state index is 5.44. The van der Waals surface area contributed by atoms with Crippen LogP contribution < -0.4 is 16.6 Å². The molecule has 0 saturated carbocycles. The predicted molar refractivity (Wildman–Crippen MR) is 78.1 cm³/mol. The van der Waals surface area contributed by atoms with Gasteiger partial charge in [0, 0.05) is 19.1 Å². The first kappa shape index (κ1) is 15.7. The molecular formula is C13H25N5O. The van der Waals surface area contributed by atoms with Crippen molar-refractivity contribution in [3.63, 3.8) is 0 Å². The van der Waals surface area contributed by atoms with Crippen LogP contribution in [0.3, 0.4) is 0 Å². The number of nitrogens with two attached hydrogens (primary N) is 1. The summed E-state index contributed by atoms with van der Waals surface area (Å²) in [4.78, 5) is 8.84. The second kappa shape index (κ2) is 7.25. The van der Waals surface area contributed by atoms with Crippen LogP contribution in [-0.4, -0.2) is 29.7 Å². The van der Waals surface area contributed by atoms with Crippen LogP contribution in [0.4, 0.5) is 11.6 Å². The third-order valence-corrected chi connectivity index (χ3v) is 2.89. The van der Waals surface area contributed by atoms with Crippen LogP contribution in [0.5, 0.6) is 0 Å². The molecule has 0 radical (unpaired) electrons. The van der Waals surface area contributed by atoms with E-state index in [1.165, 1.54) is 0 Å². The molecule has 19 heavy (non-hydrogen) atoms. The van der Waals surface area contributed by atoms with E-state index in [1.54, 1.807) is 13.2 Å². The number of nitrogens with one attached hydrogen (secondary N) is 2. The maximum Gasteiger partial charge on any atom is 0.145 e. The van der Waals surface area contributed by atoms with Gasteiger partial charge in [0.05, 0.1) is 12.6 Å². The Morgan fingerprint density at radius 1 is 1.21 bits per heavy atom. The van der Waals surface area contributed by atoms with Crippen LogP contribution in [0, 0.1) is 5.92 Å². The smallest absolute Gasteiger partial charge is 0.145 e. The lowest BCUT2D eigenvalue weighted by molar-refractivity contribution is 0.171. The molecule has 0 bridgehead atoms. The molecule has 6 nitrogen and oxygen atoms in total. The average Bonchev–Trinajstić information content (AvgIpc) is 2.37. The van der Waals surface area contributed by atoms with E-state index in [2.05, 4.69) is 48.4 Å². The van der Waals surface area contributed by atoms with Gasteiger partial charge in [-0.25, -0.2) is 15.8 Å². The first-order valence-corrected chi connectivity index (χ1v) is 6.59. The normalized spacial score (nSPS) is 12.8. The number of ether oxygens (including phenoxy) is 1. The lowest BCUT2D eigenvalue weighted by Crippen LogP contribution is -2.31. The van der Waals surface area contributed by atoms with Gasteiger partial charge in [-0.3, -0.25) is 0 Å². The fourth-order valence-corrected chi connectivity index (χ4v) is 1.64. The van der Waals surface area contributed by atoms with Gasteiger partial charge < -0.3 is 15.5 Å². The maximum atomic E-state index is 5.44. The molecule has 1 heterocycles. The van der Waals surface area contributed by atoms with E-state index in [1.807, 2.05) is 0 Å². The summed E-state index contributed by atoms with van der Waals surface area (Å²) in [5.41, 5.74) is 2.57. The minimum absolute atomic E-state index is 0.200. The lowest BCUT2D eigenvalue weighted by Gasteiger charge is -2.22. The molecule has 1 rings (SSSR count). The van der Waals surface area contributed by atoms with Gasteiger partial charge in [-0.1, -0.05) is 27.7 Å². The molecule has 1 aromatic rings. The van der Waals surface area contributed by atoms with Crippen LogP contribution >= 0.6 is 0 Å². The predicted octanol–water partition coefficient (Wildman–Crippen LogP) is 1.97. The standard InChI is InChI=1S/C13H25N5O/c1-8(2)10(7-19-5)15-11-6-12(18-14)17-13(16-11)9(3)4/h6,8-10H,7,14H2,1-5H3,(H2,15,16,17,18). The first-order chi connectivity index (χ1) is 8.97. The van der Waals surface area contributed by atoms with E-state index < -0.39 is 0 Å². The number of nitrogen functional groups attached to an aromatic ring is 1. The summed E-state index contributed by atoms with van der Waals surface area (Å²) >= 11 is 0. The Morgan fingerprint density at radius 2 is 1.84 bits per heavy atom. The Bertz CT molecular complexity index is 395. The fraction of sp³-hybridized carbons (Fsp3) is 0.692. The van der Waals surface area contributed by atoms with E-state index in [0.717, 1.165) is 11.6 Å². The Morgan fingerprint density at radius 3 is 2.32 bits per heavy atom. The summed E-state index contributed by atoms with van der Waals surface area (Å²) in [6.07, 6.45) is 0. The van der Waals surface area contributed by atoms with Crippen molar-refractivity contribution in [3.05, 3.63) is 11.9 Å². The zero-order valence-corrected chi connectivity index (χ0v) is 12.4. The van der Waals surface area contributed by atoms with Gasteiger partial charge in [0.1, 0.15) is 17.5 Å².